The highest BCUT2D eigenvalue weighted by atomic mass is 16.3. The molecule has 2 rings (SSSR count). The summed E-state index contributed by atoms with van der Waals surface area (Å²) in [7, 11) is 0. The highest BCUT2D eigenvalue weighted by molar-refractivity contribution is 5.92. The van der Waals surface area contributed by atoms with Gasteiger partial charge in [-0.2, -0.15) is 0 Å². The van der Waals surface area contributed by atoms with Gasteiger partial charge in [-0.15, -0.1) is 6.42 Å². The average molecular weight is 210 g/mol. The van der Waals surface area contributed by atoms with Crippen molar-refractivity contribution in [2.75, 3.05) is 0 Å². The van der Waals surface area contributed by atoms with Crippen molar-refractivity contribution in [1.82, 2.24) is 0 Å². The van der Waals surface area contributed by atoms with E-state index in [1.807, 2.05) is 44.2 Å². The Morgan fingerprint density at radius 2 is 1.88 bits per heavy atom. The first-order chi connectivity index (χ1) is 7.65. The third-order valence-corrected chi connectivity index (χ3v) is 2.96. The largest absolute Gasteiger partial charge is 0.507 e. The minimum atomic E-state index is 0.0594. The molecule has 0 aromatic heterocycles. The molecule has 0 aliphatic heterocycles. The van der Waals surface area contributed by atoms with Gasteiger partial charge in [0.15, 0.2) is 0 Å². The first-order valence-electron chi connectivity index (χ1n) is 5.32. The first-order valence-corrected chi connectivity index (χ1v) is 5.32. The molecule has 0 fully saturated rings. The lowest BCUT2D eigenvalue weighted by molar-refractivity contribution is 0.477. The highest BCUT2D eigenvalue weighted by Crippen LogP contribution is 2.34. The lowest BCUT2D eigenvalue weighted by Gasteiger charge is -2.12. The van der Waals surface area contributed by atoms with Gasteiger partial charge in [0.05, 0.1) is 0 Å². The van der Waals surface area contributed by atoms with E-state index in [0.717, 1.165) is 21.9 Å². The molecule has 1 nitrogen and oxygen atoms in total. The SMILES string of the molecule is C#CC(C)c1cc(C)c(O)c2ccccc12. The average Bonchev–Trinajstić information content (AvgIpc) is 2.33. The van der Waals surface area contributed by atoms with Crippen molar-refractivity contribution in [2.24, 2.45) is 0 Å². The zero-order chi connectivity index (χ0) is 11.7. The Kier molecular flexibility index (Phi) is 2.58. The van der Waals surface area contributed by atoms with E-state index in [4.69, 9.17) is 6.42 Å². The van der Waals surface area contributed by atoms with Gasteiger partial charge in [-0.25, -0.2) is 0 Å². The standard InChI is InChI=1S/C15H14O/c1-4-10(2)14-9-11(3)15(16)13-8-6-5-7-12(13)14/h1,5-10,16H,2-3H3. The Labute approximate surface area is 95.7 Å². The Bertz CT molecular complexity index is 576. The van der Waals surface area contributed by atoms with Crippen LogP contribution in [0.1, 0.15) is 24.0 Å². The second-order valence-corrected chi connectivity index (χ2v) is 4.07. The molecule has 0 aliphatic carbocycles. The minimum Gasteiger partial charge on any atom is -0.507 e. The van der Waals surface area contributed by atoms with Crippen LogP contribution >= 0.6 is 0 Å². The van der Waals surface area contributed by atoms with Gasteiger partial charge in [0.2, 0.25) is 0 Å². The van der Waals surface area contributed by atoms with Crippen molar-refractivity contribution >= 4 is 10.8 Å². The van der Waals surface area contributed by atoms with Gasteiger partial charge in [0.25, 0.3) is 0 Å². The molecule has 0 aliphatic rings. The van der Waals surface area contributed by atoms with Gasteiger partial charge >= 0.3 is 0 Å². The number of aromatic hydroxyl groups is 1. The van der Waals surface area contributed by atoms with Crippen LogP contribution in [0.15, 0.2) is 30.3 Å². The Hall–Kier alpha value is -1.94. The van der Waals surface area contributed by atoms with Gasteiger partial charge in [-0.3, -0.25) is 0 Å². The van der Waals surface area contributed by atoms with Crippen molar-refractivity contribution < 1.29 is 5.11 Å². The topological polar surface area (TPSA) is 20.2 Å². The van der Waals surface area contributed by atoms with Crippen LogP contribution in [0.25, 0.3) is 10.8 Å². The molecule has 1 unspecified atom stereocenters. The number of hydrogen-bond acceptors (Lipinski definition) is 1. The molecule has 80 valence electrons. The number of terminal acetylenes is 1. The van der Waals surface area contributed by atoms with E-state index in [2.05, 4.69) is 5.92 Å². The fraction of sp³-hybridized carbons (Fsp3) is 0.200. The molecular weight excluding hydrogens is 196 g/mol. The molecule has 0 heterocycles. The second kappa shape index (κ2) is 3.90. The summed E-state index contributed by atoms with van der Waals surface area (Å²) in [5.74, 6) is 3.15. The maximum atomic E-state index is 9.99. The fourth-order valence-electron chi connectivity index (χ4n) is 1.98. The number of aryl methyl sites for hydroxylation is 1. The molecule has 0 saturated heterocycles. The smallest absolute Gasteiger partial charge is 0.126 e. The highest BCUT2D eigenvalue weighted by Gasteiger charge is 2.11. The Balaban J connectivity index is 2.86. The van der Waals surface area contributed by atoms with E-state index in [1.165, 1.54) is 0 Å². The van der Waals surface area contributed by atoms with E-state index in [1.54, 1.807) is 0 Å². The first kappa shape index (κ1) is 10.6. The van der Waals surface area contributed by atoms with Crippen LogP contribution in [0.2, 0.25) is 0 Å². The van der Waals surface area contributed by atoms with Gasteiger partial charge in [0, 0.05) is 11.3 Å². The predicted molar refractivity (Wildman–Crippen MR) is 67.6 cm³/mol. The Morgan fingerprint density at radius 3 is 2.50 bits per heavy atom. The van der Waals surface area contributed by atoms with Crippen LogP contribution in [0.5, 0.6) is 5.75 Å². The summed E-state index contributed by atoms with van der Waals surface area (Å²) < 4.78 is 0. The van der Waals surface area contributed by atoms with Crippen molar-refractivity contribution in [3.05, 3.63) is 41.5 Å². The molecule has 0 spiro atoms. The van der Waals surface area contributed by atoms with Crippen LogP contribution in [0.3, 0.4) is 0 Å². The molecule has 0 amide bonds. The van der Waals surface area contributed by atoms with E-state index in [9.17, 15) is 5.11 Å². The predicted octanol–water partition coefficient (Wildman–Crippen LogP) is 3.59. The number of rotatable bonds is 1. The summed E-state index contributed by atoms with van der Waals surface area (Å²) in [4.78, 5) is 0. The molecule has 2 aromatic carbocycles. The molecular formula is C15H14O. The van der Waals surface area contributed by atoms with Crippen LogP contribution in [-0.2, 0) is 0 Å². The summed E-state index contributed by atoms with van der Waals surface area (Å²) >= 11 is 0. The van der Waals surface area contributed by atoms with Crippen molar-refractivity contribution in [3.8, 4) is 18.1 Å². The van der Waals surface area contributed by atoms with Crippen LogP contribution in [-0.4, -0.2) is 5.11 Å². The summed E-state index contributed by atoms with van der Waals surface area (Å²) in [6, 6.07) is 9.78. The molecule has 1 heteroatoms. The molecule has 0 saturated carbocycles. The van der Waals surface area contributed by atoms with Crippen LogP contribution in [0, 0.1) is 19.3 Å². The lowest BCUT2D eigenvalue weighted by Crippen LogP contribution is -1.93. The molecule has 1 N–H and O–H groups in total. The summed E-state index contributed by atoms with van der Waals surface area (Å²) in [5.41, 5.74) is 1.98. The third kappa shape index (κ3) is 1.53. The van der Waals surface area contributed by atoms with E-state index >= 15 is 0 Å². The van der Waals surface area contributed by atoms with Gasteiger partial charge in [0.1, 0.15) is 5.75 Å². The zero-order valence-electron chi connectivity index (χ0n) is 9.49. The van der Waals surface area contributed by atoms with Crippen molar-refractivity contribution in [3.63, 3.8) is 0 Å². The summed E-state index contributed by atoms with van der Waals surface area (Å²) in [5, 5.41) is 11.9. The fourth-order valence-corrected chi connectivity index (χ4v) is 1.98. The van der Waals surface area contributed by atoms with Crippen molar-refractivity contribution in [2.45, 2.75) is 19.8 Å². The van der Waals surface area contributed by atoms with Crippen LogP contribution in [0.4, 0.5) is 0 Å². The quantitative estimate of drug-likeness (QED) is 0.713. The molecule has 2 aromatic rings. The molecule has 16 heavy (non-hydrogen) atoms. The third-order valence-electron chi connectivity index (χ3n) is 2.96. The van der Waals surface area contributed by atoms with Gasteiger partial charge < -0.3 is 5.11 Å². The number of fused-ring (bicyclic) bond motifs is 1. The number of phenols is 1. The second-order valence-electron chi connectivity index (χ2n) is 4.07. The summed E-state index contributed by atoms with van der Waals surface area (Å²) in [6.07, 6.45) is 5.47. The number of benzene rings is 2. The Morgan fingerprint density at radius 1 is 1.25 bits per heavy atom. The molecule has 1 atom stereocenters. The van der Waals surface area contributed by atoms with Gasteiger partial charge in [-0.1, -0.05) is 36.3 Å². The van der Waals surface area contributed by atoms with Crippen molar-refractivity contribution in [1.29, 1.82) is 0 Å². The van der Waals surface area contributed by atoms with E-state index in [0.29, 0.717) is 5.75 Å². The minimum absolute atomic E-state index is 0.0594. The van der Waals surface area contributed by atoms with E-state index in [-0.39, 0.29) is 5.92 Å². The normalized spacial score (nSPS) is 12.3. The maximum absolute atomic E-state index is 9.99. The van der Waals surface area contributed by atoms with Crippen LogP contribution < -0.4 is 0 Å². The maximum Gasteiger partial charge on any atom is 0.126 e. The van der Waals surface area contributed by atoms with E-state index < -0.39 is 0 Å². The molecule has 0 radical (unpaired) electrons. The van der Waals surface area contributed by atoms with Gasteiger partial charge in [-0.05, 0) is 30.4 Å². The monoisotopic (exact) mass is 210 g/mol. The lowest BCUT2D eigenvalue weighted by atomic mass is 9.92. The molecule has 0 bridgehead atoms. The number of hydrogen-bond donors (Lipinski definition) is 1. The zero-order valence-corrected chi connectivity index (χ0v) is 9.49. The number of phenolic OH excluding ortho intramolecular Hbond substituents is 1. The summed E-state index contributed by atoms with van der Waals surface area (Å²) in [6.45, 7) is 3.90.